The van der Waals surface area contributed by atoms with Gasteiger partial charge in [0.15, 0.2) is 0 Å². The van der Waals surface area contributed by atoms with Crippen LogP contribution in [0.25, 0.3) is 0 Å². The van der Waals surface area contributed by atoms with E-state index in [2.05, 4.69) is 4.90 Å². The zero-order valence-corrected chi connectivity index (χ0v) is 10.6. The Labute approximate surface area is 98.8 Å². The first-order chi connectivity index (χ1) is 7.57. The molecule has 1 saturated heterocycles. The molecule has 4 nitrogen and oxygen atoms in total. The van der Waals surface area contributed by atoms with E-state index in [9.17, 15) is 5.11 Å². The first-order valence-electron chi connectivity index (χ1n) is 6.21. The van der Waals surface area contributed by atoms with Gasteiger partial charge in [-0.25, -0.2) is 0 Å². The molecule has 16 heavy (non-hydrogen) atoms. The summed E-state index contributed by atoms with van der Waals surface area (Å²) in [4.78, 5) is 2.41. The maximum atomic E-state index is 9.82. The van der Waals surface area contributed by atoms with Crippen LogP contribution in [-0.2, 0) is 4.74 Å². The highest BCUT2D eigenvalue weighted by Gasteiger charge is 2.22. The van der Waals surface area contributed by atoms with Crippen LogP contribution >= 0.6 is 0 Å². The van der Waals surface area contributed by atoms with Crippen LogP contribution in [0.2, 0.25) is 0 Å². The molecule has 96 valence electrons. The van der Waals surface area contributed by atoms with E-state index in [0.717, 1.165) is 38.6 Å². The number of nitrogens with two attached hydrogens (primary N) is 1. The number of ether oxygens (including phenoxy) is 1. The molecule has 1 atom stereocenters. The molecular weight excluding hydrogens is 204 g/mol. The molecule has 4 heteroatoms. The van der Waals surface area contributed by atoms with Crippen LogP contribution in [0.3, 0.4) is 0 Å². The second-order valence-corrected chi connectivity index (χ2v) is 5.19. The average molecular weight is 230 g/mol. The third-order valence-corrected chi connectivity index (χ3v) is 3.52. The van der Waals surface area contributed by atoms with Gasteiger partial charge in [-0.3, -0.25) is 0 Å². The summed E-state index contributed by atoms with van der Waals surface area (Å²) >= 11 is 0. The number of hydrogen-bond donors (Lipinski definition) is 2. The Bertz CT molecular complexity index is 189. The lowest BCUT2D eigenvalue weighted by molar-refractivity contribution is 0.0383. The highest BCUT2D eigenvalue weighted by atomic mass is 16.5. The molecule has 0 aliphatic carbocycles. The Balaban J connectivity index is 2.17. The largest absolute Gasteiger partial charge is 0.389 e. The van der Waals surface area contributed by atoms with Gasteiger partial charge in [-0.1, -0.05) is 0 Å². The Kier molecular flexibility index (Phi) is 5.69. The van der Waals surface area contributed by atoms with Crippen molar-refractivity contribution >= 4 is 0 Å². The van der Waals surface area contributed by atoms with E-state index < -0.39 is 5.60 Å². The quantitative estimate of drug-likeness (QED) is 0.695. The number of rotatable bonds is 6. The van der Waals surface area contributed by atoms with Gasteiger partial charge in [0.1, 0.15) is 0 Å². The number of nitrogens with zero attached hydrogens (tertiary/aromatic N) is 1. The molecule has 1 aliphatic heterocycles. The second-order valence-electron chi connectivity index (χ2n) is 5.19. The second kappa shape index (κ2) is 6.55. The van der Waals surface area contributed by atoms with Crippen molar-refractivity contribution in [3.05, 3.63) is 0 Å². The van der Waals surface area contributed by atoms with Gasteiger partial charge in [-0.2, -0.15) is 0 Å². The van der Waals surface area contributed by atoms with Crippen molar-refractivity contribution in [2.24, 2.45) is 11.7 Å². The molecule has 1 fully saturated rings. The molecule has 0 radical (unpaired) electrons. The lowest BCUT2D eigenvalue weighted by Crippen LogP contribution is -2.41. The molecule has 0 aromatic heterocycles. The van der Waals surface area contributed by atoms with E-state index in [1.165, 1.54) is 12.8 Å². The van der Waals surface area contributed by atoms with Gasteiger partial charge in [-0.05, 0) is 45.2 Å². The van der Waals surface area contributed by atoms with Crippen molar-refractivity contribution in [1.82, 2.24) is 4.90 Å². The predicted molar refractivity (Wildman–Crippen MR) is 65.3 cm³/mol. The Morgan fingerprint density at radius 3 is 2.56 bits per heavy atom. The summed E-state index contributed by atoms with van der Waals surface area (Å²) in [5.41, 5.74) is 4.79. The summed E-state index contributed by atoms with van der Waals surface area (Å²) in [5, 5.41) is 9.82. The van der Waals surface area contributed by atoms with Gasteiger partial charge >= 0.3 is 0 Å². The fourth-order valence-electron chi connectivity index (χ4n) is 2.11. The van der Waals surface area contributed by atoms with Crippen LogP contribution in [0.5, 0.6) is 0 Å². The lowest BCUT2D eigenvalue weighted by Gasteiger charge is -2.33. The SMILES string of the molecule is COCC1CCN(CCC(C)(O)CN)CC1. The van der Waals surface area contributed by atoms with Crippen molar-refractivity contribution in [3.8, 4) is 0 Å². The van der Waals surface area contributed by atoms with Gasteiger partial charge in [-0.15, -0.1) is 0 Å². The summed E-state index contributed by atoms with van der Waals surface area (Å²) < 4.78 is 5.17. The van der Waals surface area contributed by atoms with Crippen LogP contribution in [-0.4, -0.2) is 55.5 Å². The van der Waals surface area contributed by atoms with E-state index in [4.69, 9.17) is 10.5 Å². The lowest BCUT2D eigenvalue weighted by atomic mass is 9.96. The third-order valence-electron chi connectivity index (χ3n) is 3.52. The zero-order valence-electron chi connectivity index (χ0n) is 10.6. The standard InChI is InChI=1S/C12H26N2O2/c1-12(15,10-13)5-8-14-6-3-11(4-7-14)9-16-2/h11,15H,3-10,13H2,1-2H3. The van der Waals surface area contributed by atoms with Crippen molar-refractivity contribution in [1.29, 1.82) is 0 Å². The Morgan fingerprint density at radius 2 is 2.06 bits per heavy atom. The van der Waals surface area contributed by atoms with E-state index in [0.29, 0.717) is 6.54 Å². The number of aliphatic hydroxyl groups is 1. The van der Waals surface area contributed by atoms with Gasteiger partial charge in [0.2, 0.25) is 0 Å². The monoisotopic (exact) mass is 230 g/mol. The van der Waals surface area contributed by atoms with E-state index in [1.807, 2.05) is 6.92 Å². The molecule has 0 aromatic rings. The van der Waals surface area contributed by atoms with E-state index in [-0.39, 0.29) is 0 Å². The zero-order chi connectivity index (χ0) is 12.0. The van der Waals surface area contributed by atoms with E-state index in [1.54, 1.807) is 7.11 Å². The maximum Gasteiger partial charge on any atom is 0.0753 e. The Morgan fingerprint density at radius 1 is 1.44 bits per heavy atom. The molecule has 0 spiro atoms. The minimum Gasteiger partial charge on any atom is -0.389 e. The Hall–Kier alpha value is -0.160. The first kappa shape index (κ1) is 13.9. The fourth-order valence-corrected chi connectivity index (χ4v) is 2.11. The van der Waals surface area contributed by atoms with Gasteiger partial charge in [0.25, 0.3) is 0 Å². The average Bonchev–Trinajstić information content (AvgIpc) is 2.29. The fraction of sp³-hybridized carbons (Fsp3) is 1.00. The smallest absolute Gasteiger partial charge is 0.0753 e. The molecule has 0 amide bonds. The van der Waals surface area contributed by atoms with Gasteiger partial charge in [0, 0.05) is 26.8 Å². The van der Waals surface area contributed by atoms with Crippen molar-refractivity contribution < 1.29 is 9.84 Å². The summed E-state index contributed by atoms with van der Waals surface area (Å²) in [6.07, 6.45) is 3.18. The molecule has 0 bridgehead atoms. The van der Waals surface area contributed by atoms with Gasteiger partial charge < -0.3 is 20.5 Å². The van der Waals surface area contributed by atoms with E-state index >= 15 is 0 Å². The summed E-state index contributed by atoms with van der Waals surface area (Å²) in [7, 11) is 1.77. The minimum atomic E-state index is -0.705. The van der Waals surface area contributed by atoms with Crippen LogP contribution in [0.15, 0.2) is 0 Å². The maximum absolute atomic E-state index is 9.82. The molecule has 1 unspecified atom stereocenters. The van der Waals surface area contributed by atoms with Crippen molar-refractivity contribution in [3.63, 3.8) is 0 Å². The van der Waals surface area contributed by atoms with Gasteiger partial charge in [0.05, 0.1) is 5.60 Å². The summed E-state index contributed by atoms with van der Waals surface area (Å²) in [5.74, 6) is 0.719. The molecule has 0 saturated carbocycles. The van der Waals surface area contributed by atoms with Crippen molar-refractivity contribution in [2.45, 2.75) is 31.8 Å². The number of hydrogen-bond acceptors (Lipinski definition) is 4. The summed E-state index contributed by atoms with van der Waals surface area (Å²) in [6, 6.07) is 0. The molecule has 1 aliphatic rings. The third kappa shape index (κ3) is 4.78. The number of piperidine rings is 1. The van der Waals surface area contributed by atoms with Crippen molar-refractivity contribution in [2.75, 3.05) is 39.9 Å². The van der Waals surface area contributed by atoms with Crippen LogP contribution in [0.4, 0.5) is 0 Å². The molecule has 3 N–H and O–H groups in total. The van der Waals surface area contributed by atoms with Crippen LogP contribution < -0.4 is 5.73 Å². The summed E-state index contributed by atoms with van der Waals surface area (Å²) in [6.45, 7) is 6.22. The number of methoxy groups -OCH3 is 1. The first-order valence-corrected chi connectivity index (χ1v) is 6.21. The molecular formula is C12H26N2O2. The minimum absolute atomic E-state index is 0.340. The molecule has 1 heterocycles. The van der Waals surface area contributed by atoms with Crippen LogP contribution in [0.1, 0.15) is 26.2 Å². The normalized spacial score (nSPS) is 23.2. The van der Waals surface area contributed by atoms with Crippen LogP contribution in [0, 0.1) is 5.92 Å². The molecule has 0 aromatic carbocycles. The predicted octanol–water partition coefficient (Wildman–Crippen LogP) is 0.445. The number of likely N-dealkylation sites (tertiary alicyclic amines) is 1. The highest BCUT2D eigenvalue weighted by Crippen LogP contribution is 2.18. The molecule has 1 rings (SSSR count). The topological polar surface area (TPSA) is 58.7 Å². The highest BCUT2D eigenvalue weighted by molar-refractivity contribution is 4.78.